The highest BCUT2D eigenvalue weighted by Gasteiger charge is 2.24. The van der Waals surface area contributed by atoms with Gasteiger partial charge in [-0.15, -0.1) is 0 Å². The molecule has 4 heteroatoms. The highest BCUT2D eigenvalue weighted by molar-refractivity contribution is 5.38. The van der Waals surface area contributed by atoms with Crippen LogP contribution < -0.4 is 10.6 Å². The number of hydrogen-bond acceptors (Lipinski definition) is 4. The van der Waals surface area contributed by atoms with Gasteiger partial charge in [0.15, 0.2) is 0 Å². The second-order valence-electron chi connectivity index (χ2n) is 5.86. The summed E-state index contributed by atoms with van der Waals surface area (Å²) in [6.45, 7) is 9.60. The number of rotatable bonds is 5. The second-order valence-corrected chi connectivity index (χ2v) is 5.86. The van der Waals surface area contributed by atoms with Gasteiger partial charge in [-0.25, -0.2) is 4.98 Å². The minimum atomic E-state index is -0.0537. The highest BCUT2D eigenvalue weighted by atomic mass is 15.3. The molecule has 19 heavy (non-hydrogen) atoms. The first-order valence-corrected chi connectivity index (χ1v) is 7.28. The maximum atomic E-state index is 6.34. The fraction of sp³-hybridized carbons (Fsp3) is 0.667. The lowest BCUT2D eigenvalue weighted by atomic mass is 9.96. The third-order valence-electron chi connectivity index (χ3n) is 3.75. The molecule has 2 N–H and O–H groups in total. The summed E-state index contributed by atoms with van der Waals surface area (Å²) < 4.78 is 0. The van der Waals surface area contributed by atoms with Gasteiger partial charge in [0.25, 0.3) is 0 Å². The fourth-order valence-corrected chi connectivity index (χ4v) is 2.84. The van der Waals surface area contributed by atoms with Gasteiger partial charge in [-0.05, 0) is 25.5 Å². The molecule has 0 aromatic carbocycles. The molecule has 0 spiro atoms. The first-order chi connectivity index (χ1) is 9.11. The van der Waals surface area contributed by atoms with Gasteiger partial charge in [0.1, 0.15) is 5.82 Å². The highest BCUT2D eigenvalue weighted by Crippen LogP contribution is 2.15. The van der Waals surface area contributed by atoms with Crippen molar-refractivity contribution in [1.82, 2.24) is 9.88 Å². The Kier molecular flexibility index (Phi) is 4.77. The summed E-state index contributed by atoms with van der Waals surface area (Å²) in [6, 6.07) is 6.09. The van der Waals surface area contributed by atoms with E-state index in [2.05, 4.69) is 34.7 Å². The summed E-state index contributed by atoms with van der Waals surface area (Å²) >= 11 is 0. The first-order valence-electron chi connectivity index (χ1n) is 7.28. The van der Waals surface area contributed by atoms with Gasteiger partial charge in [-0.1, -0.05) is 19.4 Å². The molecule has 1 aromatic rings. The van der Waals surface area contributed by atoms with Gasteiger partial charge < -0.3 is 10.6 Å². The summed E-state index contributed by atoms with van der Waals surface area (Å²) in [4.78, 5) is 9.25. The van der Waals surface area contributed by atoms with E-state index in [1.54, 1.807) is 0 Å². The van der Waals surface area contributed by atoms with Crippen molar-refractivity contribution in [3.8, 4) is 0 Å². The van der Waals surface area contributed by atoms with Gasteiger partial charge in [0, 0.05) is 44.5 Å². The second kappa shape index (κ2) is 6.35. The van der Waals surface area contributed by atoms with Gasteiger partial charge in [0.05, 0.1) is 0 Å². The summed E-state index contributed by atoms with van der Waals surface area (Å²) in [5, 5.41) is 0. The Bertz CT molecular complexity index is 369. The van der Waals surface area contributed by atoms with E-state index in [0.717, 1.165) is 51.4 Å². The zero-order chi connectivity index (χ0) is 13.7. The Balaban J connectivity index is 1.83. The molecular formula is C15H26N4. The molecule has 2 heterocycles. The third-order valence-corrected chi connectivity index (χ3v) is 3.75. The molecule has 2 rings (SSSR count). The third kappa shape index (κ3) is 4.18. The maximum absolute atomic E-state index is 6.34. The topological polar surface area (TPSA) is 45.4 Å². The van der Waals surface area contributed by atoms with Gasteiger partial charge in [-0.2, -0.15) is 0 Å². The number of aromatic nitrogens is 1. The predicted molar refractivity (Wildman–Crippen MR) is 80.4 cm³/mol. The number of hydrogen-bond donors (Lipinski definition) is 1. The van der Waals surface area contributed by atoms with Crippen molar-refractivity contribution in [1.29, 1.82) is 0 Å². The zero-order valence-electron chi connectivity index (χ0n) is 12.2. The Morgan fingerprint density at radius 3 is 2.58 bits per heavy atom. The van der Waals surface area contributed by atoms with E-state index in [1.165, 1.54) is 0 Å². The molecule has 106 valence electrons. The van der Waals surface area contributed by atoms with E-state index in [4.69, 9.17) is 5.73 Å². The van der Waals surface area contributed by atoms with Gasteiger partial charge in [0.2, 0.25) is 0 Å². The molecule has 4 nitrogen and oxygen atoms in total. The molecule has 0 bridgehead atoms. The van der Waals surface area contributed by atoms with Gasteiger partial charge in [-0.3, -0.25) is 4.90 Å². The molecule has 1 unspecified atom stereocenters. The number of anilines is 1. The smallest absolute Gasteiger partial charge is 0.128 e. The van der Waals surface area contributed by atoms with Gasteiger partial charge >= 0.3 is 0 Å². The zero-order valence-corrected chi connectivity index (χ0v) is 12.2. The van der Waals surface area contributed by atoms with Crippen LogP contribution in [0.4, 0.5) is 5.82 Å². The lowest BCUT2D eigenvalue weighted by molar-refractivity contribution is 0.199. The number of piperazine rings is 1. The summed E-state index contributed by atoms with van der Waals surface area (Å²) in [7, 11) is 0. The lowest BCUT2D eigenvalue weighted by Crippen LogP contribution is -2.54. The molecule has 1 saturated heterocycles. The average Bonchev–Trinajstić information content (AvgIpc) is 2.40. The van der Waals surface area contributed by atoms with E-state index in [1.807, 2.05) is 18.3 Å². The van der Waals surface area contributed by atoms with Crippen LogP contribution in [0.1, 0.15) is 26.7 Å². The normalized spacial score (nSPS) is 20.3. The predicted octanol–water partition coefficient (Wildman–Crippen LogP) is 1.72. The maximum Gasteiger partial charge on any atom is 0.128 e. The monoisotopic (exact) mass is 262 g/mol. The molecule has 1 fully saturated rings. The van der Waals surface area contributed by atoms with E-state index >= 15 is 0 Å². The SMILES string of the molecule is CCCC(C)(N)CN1CCN(c2ccccn2)CC1. The van der Waals surface area contributed by atoms with Crippen LogP contribution >= 0.6 is 0 Å². The van der Waals surface area contributed by atoms with Crippen molar-refractivity contribution in [3.05, 3.63) is 24.4 Å². The van der Waals surface area contributed by atoms with Crippen LogP contribution in [0.15, 0.2) is 24.4 Å². The Morgan fingerprint density at radius 2 is 2.00 bits per heavy atom. The van der Waals surface area contributed by atoms with E-state index < -0.39 is 0 Å². The largest absolute Gasteiger partial charge is 0.354 e. The van der Waals surface area contributed by atoms with Crippen LogP contribution in [0.2, 0.25) is 0 Å². The van der Waals surface area contributed by atoms with Crippen LogP contribution in [0, 0.1) is 0 Å². The van der Waals surface area contributed by atoms with E-state index in [-0.39, 0.29) is 5.54 Å². The van der Waals surface area contributed by atoms with Crippen molar-refractivity contribution in [2.24, 2.45) is 5.73 Å². The van der Waals surface area contributed by atoms with Crippen LogP contribution in [0.5, 0.6) is 0 Å². The molecule has 1 atom stereocenters. The number of nitrogens with zero attached hydrogens (tertiary/aromatic N) is 3. The first kappa shape index (κ1) is 14.3. The minimum Gasteiger partial charge on any atom is -0.354 e. The molecule has 1 aliphatic rings. The molecule has 1 aromatic heterocycles. The molecule has 0 saturated carbocycles. The molecule has 0 aliphatic carbocycles. The number of pyridine rings is 1. The van der Waals surface area contributed by atoms with Crippen molar-refractivity contribution >= 4 is 5.82 Å². The summed E-state index contributed by atoms with van der Waals surface area (Å²) in [6.07, 6.45) is 4.11. The summed E-state index contributed by atoms with van der Waals surface area (Å²) in [5.74, 6) is 1.09. The van der Waals surface area contributed by atoms with E-state index in [9.17, 15) is 0 Å². The van der Waals surface area contributed by atoms with Crippen LogP contribution in [-0.2, 0) is 0 Å². The fourth-order valence-electron chi connectivity index (χ4n) is 2.84. The quantitative estimate of drug-likeness (QED) is 0.877. The van der Waals surface area contributed by atoms with Crippen molar-refractivity contribution in [2.75, 3.05) is 37.6 Å². The van der Waals surface area contributed by atoms with Crippen LogP contribution in [0.25, 0.3) is 0 Å². The average molecular weight is 262 g/mol. The molecule has 0 amide bonds. The Morgan fingerprint density at radius 1 is 1.26 bits per heavy atom. The van der Waals surface area contributed by atoms with E-state index in [0.29, 0.717) is 0 Å². The summed E-state index contributed by atoms with van der Waals surface area (Å²) in [5.41, 5.74) is 6.28. The Labute approximate surface area is 116 Å². The molecule has 1 aliphatic heterocycles. The van der Waals surface area contributed by atoms with Crippen LogP contribution in [0.3, 0.4) is 0 Å². The number of nitrogens with two attached hydrogens (primary N) is 1. The van der Waals surface area contributed by atoms with Crippen LogP contribution in [-0.4, -0.2) is 48.1 Å². The standard InChI is InChI=1S/C15H26N4/c1-3-7-15(2,16)13-18-9-11-19(12-10-18)14-6-4-5-8-17-14/h4-6,8H,3,7,9-13,16H2,1-2H3. The minimum absolute atomic E-state index is 0.0537. The van der Waals surface area contributed by atoms with Crippen molar-refractivity contribution in [2.45, 2.75) is 32.2 Å². The molecule has 0 radical (unpaired) electrons. The van der Waals surface area contributed by atoms with Crippen molar-refractivity contribution in [3.63, 3.8) is 0 Å². The lowest BCUT2D eigenvalue weighted by Gasteiger charge is -2.39. The molecular weight excluding hydrogens is 236 g/mol. The van der Waals surface area contributed by atoms with Crippen molar-refractivity contribution < 1.29 is 0 Å². The Hall–Kier alpha value is -1.13.